The van der Waals surface area contributed by atoms with E-state index in [1.807, 2.05) is 12.1 Å². The van der Waals surface area contributed by atoms with Crippen LogP contribution in [-0.2, 0) is 0 Å². The molecule has 3 aliphatic heterocycles. The van der Waals surface area contributed by atoms with Gasteiger partial charge >= 0.3 is 0 Å². The number of nitriles is 1. The van der Waals surface area contributed by atoms with Crippen molar-refractivity contribution >= 4 is 33.2 Å². The van der Waals surface area contributed by atoms with Crippen LogP contribution in [0.2, 0.25) is 0 Å². The van der Waals surface area contributed by atoms with Crippen molar-refractivity contribution in [1.82, 2.24) is 0 Å². The van der Waals surface area contributed by atoms with E-state index in [4.69, 9.17) is 0 Å². The number of thiophene rings is 1. The molecule has 1 N–H and O–H groups in total. The van der Waals surface area contributed by atoms with Crippen molar-refractivity contribution < 1.29 is 5.11 Å². The molecule has 6 heteroatoms. The van der Waals surface area contributed by atoms with Crippen molar-refractivity contribution in [3.63, 3.8) is 0 Å². The Kier molecular flexibility index (Phi) is 4.79. The minimum absolute atomic E-state index is 0.215. The Hall–Kier alpha value is -2.52. The standard InChI is InChI=1S/C21H24N4OS/c1-3-24(4-2)16-6-5-15(18(26)11-16)13-23-20-17(12-22)19-14-7-9-25(10-8-14)21(19)27-20/h5-6,11,13-14,26H,3-4,7-10H2,1-2H3. The normalized spacial score (nSPS) is 16.0. The third kappa shape index (κ3) is 3.06. The highest BCUT2D eigenvalue weighted by Gasteiger charge is 2.36. The average molecular weight is 381 g/mol. The molecule has 140 valence electrons. The van der Waals surface area contributed by atoms with Gasteiger partial charge in [-0.3, -0.25) is 0 Å². The summed E-state index contributed by atoms with van der Waals surface area (Å²) in [4.78, 5) is 9.17. The van der Waals surface area contributed by atoms with Gasteiger partial charge in [0, 0.05) is 55.3 Å². The van der Waals surface area contributed by atoms with Gasteiger partial charge in [-0.25, -0.2) is 4.99 Å². The fraction of sp³-hybridized carbons (Fsp3) is 0.429. The molecule has 0 saturated carbocycles. The number of phenolic OH excluding ortho intramolecular Hbond substituents is 1. The van der Waals surface area contributed by atoms with Crippen molar-refractivity contribution in [1.29, 1.82) is 5.26 Å². The van der Waals surface area contributed by atoms with Crippen LogP contribution in [0.4, 0.5) is 15.7 Å². The molecule has 0 spiro atoms. The molecule has 5 rings (SSSR count). The lowest BCUT2D eigenvalue weighted by atomic mass is 9.84. The Balaban J connectivity index is 1.65. The molecular formula is C21H24N4OS. The number of fused-ring (bicyclic) bond motifs is 2. The second-order valence-corrected chi connectivity index (χ2v) is 8.03. The Morgan fingerprint density at radius 2 is 2.07 bits per heavy atom. The van der Waals surface area contributed by atoms with Gasteiger partial charge in [0.25, 0.3) is 0 Å². The van der Waals surface area contributed by atoms with Crippen LogP contribution < -0.4 is 9.80 Å². The molecule has 1 aromatic heterocycles. The first-order valence-corrected chi connectivity index (χ1v) is 10.4. The number of hydrogen-bond acceptors (Lipinski definition) is 6. The van der Waals surface area contributed by atoms with Gasteiger partial charge in [0.05, 0.1) is 10.6 Å². The summed E-state index contributed by atoms with van der Waals surface area (Å²) < 4.78 is 0. The Morgan fingerprint density at radius 1 is 1.33 bits per heavy atom. The molecule has 0 aliphatic carbocycles. The van der Waals surface area contributed by atoms with Crippen LogP contribution in [0.3, 0.4) is 0 Å². The third-order valence-corrected chi connectivity index (χ3v) is 6.85. The smallest absolute Gasteiger partial charge is 0.136 e. The summed E-state index contributed by atoms with van der Waals surface area (Å²) in [5.41, 5.74) is 3.60. The van der Waals surface area contributed by atoms with E-state index in [0.717, 1.165) is 55.3 Å². The van der Waals surface area contributed by atoms with Gasteiger partial charge in [0.2, 0.25) is 0 Å². The molecule has 5 nitrogen and oxygen atoms in total. The van der Waals surface area contributed by atoms with Crippen LogP contribution in [-0.4, -0.2) is 37.5 Å². The maximum atomic E-state index is 10.4. The summed E-state index contributed by atoms with van der Waals surface area (Å²) in [6.45, 7) is 8.16. The molecule has 0 unspecified atom stereocenters. The van der Waals surface area contributed by atoms with Crippen LogP contribution in [0.1, 0.15) is 49.3 Å². The number of benzene rings is 1. The first-order valence-electron chi connectivity index (χ1n) is 9.60. The minimum atomic E-state index is 0.215. The number of phenols is 1. The maximum Gasteiger partial charge on any atom is 0.136 e. The summed E-state index contributed by atoms with van der Waals surface area (Å²) in [5, 5.41) is 22.1. The molecule has 1 fully saturated rings. The number of piperidine rings is 1. The Labute approximate surface area is 164 Å². The minimum Gasteiger partial charge on any atom is -0.507 e. The van der Waals surface area contributed by atoms with Crippen molar-refractivity contribution in [3.05, 3.63) is 34.9 Å². The molecule has 1 aromatic carbocycles. The Morgan fingerprint density at radius 3 is 2.70 bits per heavy atom. The van der Waals surface area contributed by atoms with Gasteiger partial charge in [-0.15, -0.1) is 0 Å². The van der Waals surface area contributed by atoms with E-state index < -0.39 is 0 Å². The maximum absolute atomic E-state index is 10.4. The van der Waals surface area contributed by atoms with E-state index in [1.165, 1.54) is 10.6 Å². The van der Waals surface area contributed by atoms with E-state index in [0.29, 0.717) is 11.5 Å². The molecule has 0 radical (unpaired) electrons. The van der Waals surface area contributed by atoms with Gasteiger partial charge in [-0.2, -0.15) is 5.26 Å². The lowest BCUT2D eigenvalue weighted by molar-refractivity contribution is 0.474. The fourth-order valence-corrected chi connectivity index (χ4v) is 5.39. The van der Waals surface area contributed by atoms with Crippen molar-refractivity contribution in [3.8, 4) is 11.8 Å². The molecule has 1 saturated heterocycles. The number of aliphatic imine (C=N–C) groups is 1. The summed E-state index contributed by atoms with van der Waals surface area (Å²) >= 11 is 1.61. The van der Waals surface area contributed by atoms with Crippen LogP contribution in [0.15, 0.2) is 23.2 Å². The van der Waals surface area contributed by atoms with Crippen molar-refractivity contribution in [2.45, 2.75) is 32.6 Å². The van der Waals surface area contributed by atoms with E-state index in [2.05, 4.69) is 34.7 Å². The summed E-state index contributed by atoms with van der Waals surface area (Å²) in [5.74, 6) is 0.716. The van der Waals surface area contributed by atoms with Crippen LogP contribution in [0.25, 0.3) is 0 Å². The highest BCUT2D eigenvalue weighted by atomic mass is 32.1. The van der Waals surface area contributed by atoms with E-state index >= 15 is 0 Å². The van der Waals surface area contributed by atoms with E-state index in [-0.39, 0.29) is 5.75 Å². The first-order chi connectivity index (χ1) is 13.2. The fourth-order valence-electron chi connectivity index (χ4n) is 4.16. The zero-order valence-corrected chi connectivity index (χ0v) is 16.6. The Bertz CT molecular complexity index is 915. The van der Waals surface area contributed by atoms with E-state index in [9.17, 15) is 10.4 Å². The van der Waals surface area contributed by atoms with Gasteiger partial charge in [-0.1, -0.05) is 11.3 Å². The SMILES string of the molecule is CCN(CC)c1ccc(C=Nc2sc3c(c2C#N)C2CCN3CC2)c(O)c1. The molecule has 2 aromatic rings. The largest absolute Gasteiger partial charge is 0.507 e. The van der Waals surface area contributed by atoms with Crippen LogP contribution in [0.5, 0.6) is 5.75 Å². The van der Waals surface area contributed by atoms with Crippen LogP contribution in [0, 0.1) is 11.3 Å². The van der Waals surface area contributed by atoms with Gasteiger partial charge < -0.3 is 14.9 Å². The molecular weight excluding hydrogens is 356 g/mol. The number of anilines is 2. The highest BCUT2D eigenvalue weighted by molar-refractivity contribution is 7.20. The quantitative estimate of drug-likeness (QED) is 0.769. The van der Waals surface area contributed by atoms with Crippen molar-refractivity contribution in [2.24, 2.45) is 4.99 Å². The molecule has 27 heavy (non-hydrogen) atoms. The van der Waals surface area contributed by atoms with Gasteiger partial charge in [0.1, 0.15) is 16.8 Å². The summed E-state index contributed by atoms with van der Waals surface area (Å²) in [7, 11) is 0. The summed E-state index contributed by atoms with van der Waals surface area (Å²) in [6, 6.07) is 8.05. The monoisotopic (exact) mass is 380 g/mol. The second-order valence-electron chi connectivity index (χ2n) is 7.05. The number of aromatic hydroxyl groups is 1. The van der Waals surface area contributed by atoms with Crippen molar-refractivity contribution in [2.75, 3.05) is 36.0 Å². The predicted octanol–water partition coefficient (Wildman–Crippen LogP) is 4.62. The molecule has 0 amide bonds. The van der Waals surface area contributed by atoms with Gasteiger partial charge in [-0.05, 0) is 44.7 Å². The van der Waals surface area contributed by atoms with E-state index in [1.54, 1.807) is 23.6 Å². The zero-order valence-electron chi connectivity index (χ0n) is 15.8. The molecule has 3 aliphatic rings. The molecule has 4 heterocycles. The number of nitrogens with zero attached hydrogens (tertiary/aromatic N) is 4. The lowest BCUT2D eigenvalue weighted by Crippen LogP contribution is -2.37. The number of hydrogen-bond donors (Lipinski definition) is 1. The zero-order chi connectivity index (χ0) is 19.0. The highest BCUT2D eigenvalue weighted by Crippen LogP contribution is 2.52. The number of rotatable bonds is 5. The van der Waals surface area contributed by atoms with Crippen LogP contribution >= 0.6 is 11.3 Å². The second kappa shape index (κ2) is 7.24. The molecule has 0 atom stereocenters. The average Bonchev–Trinajstić information content (AvgIpc) is 3.09. The third-order valence-electron chi connectivity index (χ3n) is 5.67. The summed E-state index contributed by atoms with van der Waals surface area (Å²) in [6.07, 6.45) is 3.95. The lowest BCUT2D eigenvalue weighted by Gasteiger charge is -2.39. The first kappa shape index (κ1) is 17.9. The molecule has 2 bridgehead atoms. The topological polar surface area (TPSA) is 62.9 Å². The predicted molar refractivity (Wildman–Crippen MR) is 112 cm³/mol. The van der Waals surface area contributed by atoms with Gasteiger partial charge in [0.15, 0.2) is 0 Å².